The molecule has 1 aromatic carbocycles. The van der Waals surface area contributed by atoms with Crippen molar-refractivity contribution in [3.63, 3.8) is 0 Å². The lowest BCUT2D eigenvalue weighted by atomic mass is 9.91. The van der Waals surface area contributed by atoms with Crippen LogP contribution in [-0.2, 0) is 0 Å². The number of aromatic nitrogens is 2. The van der Waals surface area contributed by atoms with Gasteiger partial charge in [0, 0.05) is 18.3 Å². The summed E-state index contributed by atoms with van der Waals surface area (Å²) in [5.41, 5.74) is 5.41. The lowest BCUT2D eigenvalue weighted by Crippen LogP contribution is -2.03. The van der Waals surface area contributed by atoms with Gasteiger partial charge >= 0.3 is 0 Å². The number of imidazole rings is 1. The molecule has 0 aliphatic rings. The fraction of sp³-hybridized carbons (Fsp3) is 0.357. The summed E-state index contributed by atoms with van der Waals surface area (Å²) in [4.78, 5) is 7.53. The lowest BCUT2D eigenvalue weighted by Gasteiger charge is -2.15. The summed E-state index contributed by atoms with van der Waals surface area (Å²) in [6.07, 6.45) is 3.69. The first kappa shape index (κ1) is 10.9. The number of H-pyrrole nitrogens is 1. The average molecular weight is 214 g/mol. The SMILES string of the molecule is Cc1cc(C)c(C)c(C(C)c2ncc[nH]2)c1. The number of hydrogen-bond donors (Lipinski definition) is 1. The van der Waals surface area contributed by atoms with Crippen molar-refractivity contribution in [3.8, 4) is 0 Å². The van der Waals surface area contributed by atoms with Gasteiger partial charge in [0.15, 0.2) is 0 Å². The Bertz CT molecular complexity index is 484. The van der Waals surface area contributed by atoms with E-state index in [0.29, 0.717) is 5.92 Å². The predicted octanol–water partition coefficient (Wildman–Crippen LogP) is 3.49. The molecule has 1 aromatic heterocycles. The monoisotopic (exact) mass is 214 g/mol. The second-order valence-corrected chi connectivity index (χ2v) is 4.49. The molecule has 0 amide bonds. The van der Waals surface area contributed by atoms with Crippen molar-refractivity contribution in [1.29, 1.82) is 0 Å². The van der Waals surface area contributed by atoms with Gasteiger partial charge in [-0.2, -0.15) is 0 Å². The lowest BCUT2D eigenvalue weighted by molar-refractivity contribution is 0.829. The fourth-order valence-electron chi connectivity index (χ4n) is 2.18. The van der Waals surface area contributed by atoms with E-state index < -0.39 is 0 Å². The molecular formula is C14H18N2. The van der Waals surface area contributed by atoms with Crippen LogP contribution in [0.15, 0.2) is 24.5 Å². The minimum absolute atomic E-state index is 0.327. The van der Waals surface area contributed by atoms with Gasteiger partial charge < -0.3 is 4.98 Å². The van der Waals surface area contributed by atoms with E-state index in [4.69, 9.17) is 0 Å². The number of hydrogen-bond acceptors (Lipinski definition) is 1. The number of benzene rings is 1. The van der Waals surface area contributed by atoms with Crippen molar-refractivity contribution in [2.45, 2.75) is 33.6 Å². The Balaban J connectivity index is 2.48. The second-order valence-electron chi connectivity index (χ2n) is 4.49. The van der Waals surface area contributed by atoms with Crippen LogP contribution in [0.5, 0.6) is 0 Å². The Kier molecular flexibility index (Phi) is 2.82. The van der Waals surface area contributed by atoms with Crippen LogP contribution in [0.1, 0.15) is 40.9 Å². The van der Waals surface area contributed by atoms with Crippen LogP contribution in [0.4, 0.5) is 0 Å². The molecule has 0 saturated carbocycles. The van der Waals surface area contributed by atoms with Crippen molar-refractivity contribution in [3.05, 3.63) is 52.6 Å². The molecule has 0 saturated heterocycles. The van der Waals surface area contributed by atoms with Gasteiger partial charge in [-0.15, -0.1) is 0 Å². The number of rotatable bonds is 2. The van der Waals surface area contributed by atoms with Crippen molar-refractivity contribution >= 4 is 0 Å². The fourth-order valence-corrected chi connectivity index (χ4v) is 2.18. The van der Waals surface area contributed by atoms with Crippen LogP contribution in [-0.4, -0.2) is 9.97 Å². The summed E-state index contributed by atoms with van der Waals surface area (Å²) in [6, 6.07) is 4.49. The zero-order valence-electron chi connectivity index (χ0n) is 10.3. The summed E-state index contributed by atoms with van der Waals surface area (Å²) in [7, 11) is 0. The molecule has 2 heteroatoms. The molecule has 0 bridgehead atoms. The first-order chi connectivity index (χ1) is 7.59. The smallest absolute Gasteiger partial charge is 0.113 e. The highest BCUT2D eigenvalue weighted by atomic mass is 14.9. The minimum atomic E-state index is 0.327. The molecule has 0 radical (unpaired) electrons. The molecule has 0 aliphatic heterocycles. The first-order valence-corrected chi connectivity index (χ1v) is 5.66. The maximum absolute atomic E-state index is 4.34. The molecule has 1 N–H and O–H groups in total. The number of nitrogens with one attached hydrogen (secondary N) is 1. The van der Waals surface area contributed by atoms with Gasteiger partial charge in [-0.05, 0) is 37.5 Å². The molecule has 1 heterocycles. The summed E-state index contributed by atoms with van der Waals surface area (Å²) < 4.78 is 0. The Hall–Kier alpha value is -1.57. The number of nitrogens with zero attached hydrogens (tertiary/aromatic N) is 1. The maximum atomic E-state index is 4.34. The predicted molar refractivity (Wildman–Crippen MR) is 66.8 cm³/mol. The largest absolute Gasteiger partial charge is 0.348 e. The molecule has 2 nitrogen and oxygen atoms in total. The van der Waals surface area contributed by atoms with Crippen LogP contribution in [0.2, 0.25) is 0 Å². The van der Waals surface area contributed by atoms with E-state index in [-0.39, 0.29) is 0 Å². The number of aromatic amines is 1. The van der Waals surface area contributed by atoms with Gasteiger partial charge in [0.25, 0.3) is 0 Å². The van der Waals surface area contributed by atoms with Crippen LogP contribution >= 0.6 is 0 Å². The Morgan fingerprint density at radius 3 is 2.56 bits per heavy atom. The molecule has 0 fully saturated rings. The van der Waals surface area contributed by atoms with Crippen LogP contribution in [0.3, 0.4) is 0 Å². The average Bonchev–Trinajstić information content (AvgIpc) is 2.75. The van der Waals surface area contributed by atoms with Crippen molar-refractivity contribution < 1.29 is 0 Å². The van der Waals surface area contributed by atoms with E-state index in [9.17, 15) is 0 Å². The number of aryl methyl sites for hydroxylation is 2. The molecule has 0 aliphatic carbocycles. The Morgan fingerprint density at radius 2 is 1.94 bits per heavy atom. The van der Waals surface area contributed by atoms with Gasteiger partial charge in [0.2, 0.25) is 0 Å². The molecule has 2 aromatic rings. The minimum Gasteiger partial charge on any atom is -0.348 e. The van der Waals surface area contributed by atoms with E-state index >= 15 is 0 Å². The molecule has 1 unspecified atom stereocenters. The third-order valence-electron chi connectivity index (χ3n) is 3.25. The highest BCUT2D eigenvalue weighted by Crippen LogP contribution is 2.27. The van der Waals surface area contributed by atoms with Crippen LogP contribution in [0.25, 0.3) is 0 Å². The Labute approximate surface area is 96.7 Å². The van der Waals surface area contributed by atoms with E-state index in [2.05, 4.69) is 49.8 Å². The van der Waals surface area contributed by atoms with E-state index in [1.54, 1.807) is 0 Å². The van der Waals surface area contributed by atoms with Gasteiger partial charge in [-0.3, -0.25) is 0 Å². The highest BCUT2D eigenvalue weighted by Gasteiger charge is 2.14. The van der Waals surface area contributed by atoms with Gasteiger partial charge in [0.1, 0.15) is 5.82 Å². The van der Waals surface area contributed by atoms with E-state index in [1.807, 2.05) is 12.4 Å². The standard InChI is InChI=1S/C14H18N2/c1-9-7-10(2)11(3)13(8-9)12(4)14-15-5-6-16-14/h5-8,12H,1-4H3,(H,15,16). The van der Waals surface area contributed by atoms with Crippen LogP contribution < -0.4 is 0 Å². The third-order valence-corrected chi connectivity index (χ3v) is 3.25. The summed E-state index contributed by atoms with van der Waals surface area (Å²) in [5, 5.41) is 0. The van der Waals surface area contributed by atoms with Crippen molar-refractivity contribution in [2.75, 3.05) is 0 Å². The van der Waals surface area contributed by atoms with E-state index in [0.717, 1.165) is 5.82 Å². The normalized spacial score (nSPS) is 12.8. The van der Waals surface area contributed by atoms with Crippen LogP contribution in [0, 0.1) is 20.8 Å². The molecule has 2 rings (SSSR count). The topological polar surface area (TPSA) is 28.7 Å². The summed E-state index contributed by atoms with van der Waals surface area (Å²) >= 11 is 0. The zero-order chi connectivity index (χ0) is 11.7. The highest BCUT2D eigenvalue weighted by molar-refractivity contribution is 5.41. The summed E-state index contributed by atoms with van der Waals surface area (Å²) in [5.74, 6) is 1.36. The second kappa shape index (κ2) is 4.12. The van der Waals surface area contributed by atoms with Gasteiger partial charge in [-0.25, -0.2) is 4.98 Å². The third kappa shape index (κ3) is 1.87. The molecule has 1 atom stereocenters. The molecule has 0 spiro atoms. The maximum Gasteiger partial charge on any atom is 0.113 e. The first-order valence-electron chi connectivity index (χ1n) is 5.66. The Morgan fingerprint density at radius 1 is 1.19 bits per heavy atom. The molecule has 84 valence electrons. The summed E-state index contributed by atoms with van der Waals surface area (Å²) in [6.45, 7) is 8.69. The zero-order valence-corrected chi connectivity index (χ0v) is 10.3. The van der Waals surface area contributed by atoms with Gasteiger partial charge in [-0.1, -0.05) is 24.6 Å². The molecular weight excluding hydrogens is 196 g/mol. The van der Waals surface area contributed by atoms with E-state index in [1.165, 1.54) is 22.3 Å². The van der Waals surface area contributed by atoms with Crippen molar-refractivity contribution in [1.82, 2.24) is 9.97 Å². The van der Waals surface area contributed by atoms with Crippen molar-refractivity contribution in [2.24, 2.45) is 0 Å². The quantitative estimate of drug-likeness (QED) is 0.814. The van der Waals surface area contributed by atoms with Gasteiger partial charge in [0.05, 0.1) is 0 Å². The molecule has 16 heavy (non-hydrogen) atoms.